The zero-order chi connectivity index (χ0) is 16.0. The summed E-state index contributed by atoms with van der Waals surface area (Å²) in [6.45, 7) is 1.90. The Morgan fingerprint density at radius 3 is 2.27 bits per heavy atom. The van der Waals surface area contributed by atoms with Gasteiger partial charge in [-0.2, -0.15) is 10.2 Å². The molecule has 7 nitrogen and oxygen atoms in total. The summed E-state index contributed by atoms with van der Waals surface area (Å²) < 4.78 is 9.59. The van der Waals surface area contributed by atoms with E-state index in [4.69, 9.17) is 9.47 Å². The van der Waals surface area contributed by atoms with Crippen LogP contribution >= 0.6 is 0 Å². The van der Waals surface area contributed by atoms with Crippen LogP contribution in [-0.2, 0) is 24.6 Å². The Hall–Kier alpha value is -2.31. The third-order valence-electron chi connectivity index (χ3n) is 4.51. The molecule has 0 N–H and O–H groups in total. The first kappa shape index (κ1) is 14.6. The topological polar surface area (TPSA) is 90.2 Å². The number of ether oxygens (including phenoxy) is 2. The first-order chi connectivity index (χ1) is 10.5. The molecule has 1 saturated carbocycles. The van der Waals surface area contributed by atoms with Crippen LogP contribution in [0, 0.1) is 11.8 Å². The van der Waals surface area contributed by atoms with Crippen molar-refractivity contribution in [1.82, 2.24) is 4.98 Å². The maximum Gasteiger partial charge on any atom is 0.312 e. The second-order valence-corrected chi connectivity index (χ2v) is 5.86. The van der Waals surface area contributed by atoms with Crippen LogP contribution in [0.2, 0.25) is 0 Å². The lowest BCUT2D eigenvalue weighted by Gasteiger charge is -2.19. The number of nitrogens with zero attached hydrogens (tertiary/aromatic N) is 3. The fourth-order valence-electron chi connectivity index (χ4n) is 3.35. The first-order valence-corrected chi connectivity index (χ1v) is 7.00. The third-order valence-corrected chi connectivity index (χ3v) is 4.51. The van der Waals surface area contributed by atoms with Gasteiger partial charge in [0.25, 0.3) is 0 Å². The van der Waals surface area contributed by atoms with Gasteiger partial charge in [0.05, 0.1) is 19.9 Å². The normalized spacial score (nSPS) is 35.4. The molecule has 7 heteroatoms. The van der Waals surface area contributed by atoms with Gasteiger partial charge in [0.1, 0.15) is 22.9 Å². The van der Waals surface area contributed by atoms with E-state index in [0.717, 1.165) is 5.69 Å². The average molecular weight is 303 g/mol. The lowest BCUT2D eigenvalue weighted by atomic mass is 9.89. The molecule has 0 bridgehead atoms. The van der Waals surface area contributed by atoms with Gasteiger partial charge in [-0.3, -0.25) is 14.6 Å². The van der Waals surface area contributed by atoms with E-state index < -0.39 is 34.9 Å². The van der Waals surface area contributed by atoms with Crippen molar-refractivity contribution in [1.29, 1.82) is 0 Å². The Morgan fingerprint density at radius 1 is 1.14 bits per heavy atom. The Morgan fingerprint density at radius 2 is 1.77 bits per heavy atom. The van der Waals surface area contributed by atoms with Crippen molar-refractivity contribution in [3.05, 3.63) is 30.1 Å². The fourth-order valence-corrected chi connectivity index (χ4v) is 3.35. The molecule has 1 aliphatic heterocycles. The molecule has 22 heavy (non-hydrogen) atoms. The molecule has 3 rings (SSSR count). The second-order valence-electron chi connectivity index (χ2n) is 5.86. The van der Waals surface area contributed by atoms with Gasteiger partial charge in [-0.15, -0.1) is 0 Å². The molecule has 0 saturated heterocycles. The van der Waals surface area contributed by atoms with E-state index in [0.29, 0.717) is 6.42 Å². The van der Waals surface area contributed by atoms with Crippen LogP contribution in [0.5, 0.6) is 0 Å². The van der Waals surface area contributed by atoms with Crippen molar-refractivity contribution in [3.8, 4) is 0 Å². The zero-order valence-electron chi connectivity index (χ0n) is 12.6. The van der Waals surface area contributed by atoms with E-state index >= 15 is 0 Å². The highest BCUT2D eigenvalue weighted by Gasteiger charge is 2.77. The Bertz CT molecular complexity index is 623. The van der Waals surface area contributed by atoms with Crippen molar-refractivity contribution in [2.45, 2.75) is 24.4 Å². The summed E-state index contributed by atoms with van der Waals surface area (Å²) >= 11 is 0. The molecule has 3 unspecified atom stereocenters. The SMILES string of the molecule is COC(=O)C1C(C(=O)OC)C12CC(C)(c1ccccn1)N=N2. The number of esters is 2. The van der Waals surface area contributed by atoms with E-state index in [1.807, 2.05) is 25.1 Å². The lowest BCUT2D eigenvalue weighted by Crippen LogP contribution is -2.25. The van der Waals surface area contributed by atoms with Gasteiger partial charge in [0.15, 0.2) is 0 Å². The summed E-state index contributed by atoms with van der Waals surface area (Å²) in [5.41, 5.74) is -0.766. The van der Waals surface area contributed by atoms with Gasteiger partial charge in [0, 0.05) is 12.6 Å². The highest BCUT2D eigenvalue weighted by Crippen LogP contribution is 2.63. The van der Waals surface area contributed by atoms with E-state index in [9.17, 15) is 9.59 Å². The summed E-state index contributed by atoms with van der Waals surface area (Å²) in [4.78, 5) is 28.3. The number of hydrogen-bond acceptors (Lipinski definition) is 7. The number of aromatic nitrogens is 1. The number of carbonyl (C=O) groups excluding carboxylic acids is 2. The zero-order valence-corrected chi connectivity index (χ0v) is 12.6. The van der Waals surface area contributed by atoms with E-state index in [2.05, 4.69) is 15.2 Å². The number of azo groups is 1. The number of rotatable bonds is 3. The molecule has 116 valence electrons. The van der Waals surface area contributed by atoms with Crippen LogP contribution in [0.25, 0.3) is 0 Å². The van der Waals surface area contributed by atoms with E-state index in [1.54, 1.807) is 6.20 Å². The van der Waals surface area contributed by atoms with Gasteiger partial charge in [-0.25, -0.2) is 0 Å². The highest BCUT2D eigenvalue weighted by molar-refractivity contribution is 5.91. The number of hydrogen-bond donors (Lipinski definition) is 0. The quantitative estimate of drug-likeness (QED) is 0.789. The van der Waals surface area contributed by atoms with Crippen molar-refractivity contribution in [3.63, 3.8) is 0 Å². The number of methoxy groups -OCH3 is 2. The summed E-state index contributed by atoms with van der Waals surface area (Å²) in [6, 6.07) is 5.55. The van der Waals surface area contributed by atoms with Crippen molar-refractivity contribution >= 4 is 11.9 Å². The highest BCUT2D eigenvalue weighted by atomic mass is 16.5. The molecular formula is C15H17N3O4. The largest absolute Gasteiger partial charge is 0.469 e. The summed E-state index contributed by atoms with van der Waals surface area (Å²) in [5, 5.41) is 8.63. The summed E-state index contributed by atoms with van der Waals surface area (Å²) in [6.07, 6.45) is 2.11. The van der Waals surface area contributed by atoms with Gasteiger partial charge in [0.2, 0.25) is 0 Å². The number of pyridine rings is 1. The minimum absolute atomic E-state index is 0.427. The molecule has 3 atom stereocenters. The monoisotopic (exact) mass is 303 g/mol. The second kappa shape index (κ2) is 4.86. The maximum atomic E-state index is 12.0. The van der Waals surface area contributed by atoms with Gasteiger partial charge in [-0.1, -0.05) is 6.07 Å². The van der Waals surface area contributed by atoms with E-state index in [1.165, 1.54) is 14.2 Å². The summed E-state index contributed by atoms with van der Waals surface area (Å²) in [7, 11) is 2.60. The molecular weight excluding hydrogens is 286 g/mol. The predicted molar refractivity (Wildman–Crippen MR) is 74.8 cm³/mol. The molecule has 1 aromatic heterocycles. The summed E-state index contributed by atoms with van der Waals surface area (Å²) in [5.74, 6) is -2.20. The average Bonchev–Trinajstić information content (AvgIpc) is 3.05. The molecule has 1 fully saturated rings. The molecule has 1 aliphatic carbocycles. The first-order valence-electron chi connectivity index (χ1n) is 7.00. The minimum Gasteiger partial charge on any atom is -0.469 e. The lowest BCUT2D eigenvalue weighted by molar-refractivity contribution is -0.148. The van der Waals surface area contributed by atoms with Crippen LogP contribution in [0.4, 0.5) is 0 Å². The Balaban J connectivity index is 1.91. The maximum absolute atomic E-state index is 12.0. The fraction of sp³-hybridized carbons (Fsp3) is 0.533. The molecule has 2 aliphatic rings. The van der Waals surface area contributed by atoms with Crippen LogP contribution in [0.15, 0.2) is 34.6 Å². The Kier molecular flexibility index (Phi) is 3.23. The molecule has 0 amide bonds. The van der Waals surface area contributed by atoms with Crippen molar-refractivity contribution < 1.29 is 19.1 Å². The van der Waals surface area contributed by atoms with E-state index in [-0.39, 0.29) is 0 Å². The van der Waals surface area contributed by atoms with Gasteiger partial charge in [-0.05, 0) is 19.1 Å². The molecule has 2 heterocycles. The van der Waals surface area contributed by atoms with Crippen molar-refractivity contribution in [2.24, 2.45) is 22.1 Å². The predicted octanol–water partition coefficient (Wildman–Crippen LogP) is 1.48. The minimum atomic E-state index is -0.869. The molecule has 0 radical (unpaired) electrons. The molecule has 1 spiro atoms. The molecule has 0 aromatic carbocycles. The Labute approximate surface area is 127 Å². The van der Waals surface area contributed by atoms with Gasteiger partial charge >= 0.3 is 11.9 Å². The number of carbonyl (C=O) groups is 2. The van der Waals surface area contributed by atoms with Crippen LogP contribution in [0.1, 0.15) is 19.0 Å². The van der Waals surface area contributed by atoms with Crippen LogP contribution < -0.4 is 0 Å². The third kappa shape index (κ3) is 1.92. The van der Waals surface area contributed by atoms with Gasteiger partial charge < -0.3 is 9.47 Å². The van der Waals surface area contributed by atoms with Crippen molar-refractivity contribution in [2.75, 3.05) is 14.2 Å². The standard InChI is InChI=1S/C15H17N3O4/c1-14(9-6-4-5-7-16-9)8-15(18-17-14)10(12(19)21-2)11(15)13(20)22-3/h4-7,10-11H,8H2,1-3H3. The smallest absolute Gasteiger partial charge is 0.312 e. The van der Waals surface area contributed by atoms with Crippen LogP contribution in [0.3, 0.4) is 0 Å². The van der Waals surface area contributed by atoms with Crippen LogP contribution in [-0.4, -0.2) is 36.7 Å². The molecule has 1 aromatic rings.